The van der Waals surface area contributed by atoms with Gasteiger partial charge in [0, 0.05) is 55.1 Å². The van der Waals surface area contributed by atoms with Gasteiger partial charge in [0.1, 0.15) is 11.9 Å². The van der Waals surface area contributed by atoms with Crippen LogP contribution in [0.5, 0.6) is 17.2 Å². The highest BCUT2D eigenvalue weighted by Crippen LogP contribution is 2.66. The summed E-state index contributed by atoms with van der Waals surface area (Å²) in [5.41, 5.74) is 1.80. The highest BCUT2D eigenvalue weighted by Gasteiger charge is 2.67. The van der Waals surface area contributed by atoms with Crippen LogP contribution in [0, 0.1) is 17.8 Å². The van der Waals surface area contributed by atoms with Crippen LogP contribution in [0.2, 0.25) is 0 Å². The first kappa shape index (κ1) is 30.4. The molecule has 6 aliphatic rings. The third-order valence-electron chi connectivity index (χ3n) is 12.4. The topological polar surface area (TPSA) is 79.3 Å². The number of likely N-dealkylation sites (tertiary alicyclic amines) is 1. The zero-order valence-corrected chi connectivity index (χ0v) is 27.2. The van der Waals surface area contributed by atoms with Crippen LogP contribution in [0.15, 0.2) is 6.07 Å². The van der Waals surface area contributed by atoms with Crippen molar-refractivity contribution in [2.75, 3.05) is 19.6 Å². The van der Waals surface area contributed by atoms with Crippen molar-refractivity contribution >= 4 is 11.9 Å². The average molecular weight is 607 g/mol. The Hall–Kier alpha value is -2.28. The van der Waals surface area contributed by atoms with Gasteiger partial charge >= 0.3 is 5.97 Å². The highest BCUT2D eigenvalue weighted by molar-refractivity contribution is 5.77. The number of ether oxygens (including phenoxy) is 2. The molecule has 242 valence electrons. The van der Waals surface area contributed by atoms with E-state index in [0.717, 1.165) is 94.0 Å². The first-order valence-corrected chi connectivity index (χ1v) is 18.2. The van der Waals surface area contributed by atoms with Crippen molar-refractivity contribution in [3.05, 3.63) is 17.2 Å². The van der Waals surface area contributed by atoms with Gasteiger partial charge in [0.05, 0.1) is 6.04 Å². The minimum Gasteiger partial charge on any atom is -0.508 e. The second kappa shape index (κ2) is 12.5. The summed E-state index contributed by atoms with van der Waals surface area (Å²) in [6.07, 6.45) is 19.2. The number of piperidine rings is 1. The summed E-state index contributed by atoms with van der Waals surface area (Å²) < 4.78 is 12.7. The van der Waals surface area contributed by atoms with Crippen LogP contribution in [0.1, 0.15) is 128 Å². The lowest BCUT2D eigenvalue weighted by Crippen LogP contribution is -2.69. The van der Waals surface area contributed by atoms with Gasteiger partial charge in [-0.1, -0.05) is 58.3 Å². The summed E-state index contributed by atoms with van der Waals surface area (Å²) in [7, 11) is 0. The molecule has 1 saturated heterocycles. The SMILES string of the molecule is CCCCN(C(=O)CCCCC1CCCCC1)[C@H]1CC[C@H]2[C@H]3Cc4c(O)cc(OC(C)=O)c5c4[C@@]2(CCN3CC2CC2)[C@H]1O5. The van der Waals surface area contributed by atoms with Gasteiger partial charge in [-0.25, -0.2) is 0 Å². The van der Waals surface area contributed by atoms with Crippen molar-refractivity contribution in [2.45, 2.75) is 147 Å². The van der Waals surface area contributed by atoms with Gasteiger partial charge in [0.25, 0.3) is 0 Å². The second-order valence-corrected chi connectivity index (χ2v) is 15.2. The van der Waals surface area contributed by atoms with E-state index in [0.29, 0.717) is 29.9 Å². The molecule has 7 rings (SSSR count). The Morgan fingerprint density at radius 1 is 1.07 bits per heavy atom. The molecule has 7 heteroatoms. The maximum absolute atomic E-state index is 14.1. The second-order valence-electron chi connectivity index (χ2n) is 15.2. The normalized spacial score (nSPS) is 30.9. The van der Waals surface area contributed by atoms with E-state index in [2.05, 4.69) is 16.7 Å². The summed E-state index contributed by atoms with van der Waals surface area (Å²) in [6.45, 7) is 6.55. The third kappa shape index (κ3) is 5.43. The number of carbonyl (C=O) groups is 2. The van der Waals surface area contributed by atoms with Crippen LogP contribution in [-0.4, -0.2) is 64.6 Å². The molecule has 2 heterocycles. The summed E-state index contributed by atoms with van der Waals surface area (Å²) >= 11 is 0. The van der Waals surface area contributed by atoms with E-state index in [1.54, 1.807) is 6.07 Å². The van der Waals surface area contributed by atoms with E-state index in [1.807, 2.05) is 0 Å². The predicted molar refractivity (Wildman–Crippen MR) is 170 cm³/mol. The van der Waals surface area contributed by atoms with E-state index in [9.17, 15) is 14.7 Å². The molecule has 2 bridgehead atoms. The summed E-state index contributed by atoms with van der Waals surface area (Å²) in [6, 6.07) is 1.97. The molecule has 2 aliphatic heterocycles. The molecule has 1 aromatic carbocycles. The lowest BCUT2D eigenvalue weighted by molar-refractivity contribution is -0.143. The number of unbranched alkanes of at least 4 members (excludes halogenated alkanes) is 2. The molecular formula is C37H54N2O5. The molecule has 1 aromatic rings. The Balaban J connectivity index is 1.18. The molecule has 0 unspecified atom stereocenters. The largest absolute Gasteiger partial charge is 0.508 e. The quantitative estimate of drug-likeness (QED) is 0.158. The van der Waals surface area contributed by atoms with Gasteiger partial charge in [0.15, 0.2) is 11.5 Å². The van der Waals surface area contributed by atoms with Crippen molar-refractivity contribution < 1.29 is 24.2 Å². The Morgan fingerprint density at radius 2 is 1.89 bits per heavy atom. The summed E-state index contributed by atoms with van der Waals surface area (Å²) in [4.78, 5) is 31.2. The lowest BCUT2D eigenvalue weighted by atomic mass is 9.50. The highest BCUT2D eigenvalue weighted by atomic mass is 16.6. The molecule has 0 radical (unpaired) electrons. The predicted octanol–water partition coefficient (Wildman–Crippen LogP) is 6.90. The lowest BCUT2D eigenvalue weighted by Gasteiger charge is -2.60. The van der Waals surface area contributed by atoms with Crippen molar-refractivity contribution in [3.8, 4) is 17.2 Å². The van der Waals surface area contributed by atoms with E-state index in [1.165, 1.54) is 58.3 Å². The number of esters is 1. The molecule has 4 fully saturated rings. The molecule has 7 nitrogen and oxygen atoms in total. The average Bonchev–Trinajstić information content (AvgIpc) is 3.77. The maximum Gasteiger partial charge on any atom is 0.308 e. The Labute approximate surface area is 264 Å². The fraction of sp³-hybridized carbons (Fsp3) is 0.784. The van der Waals surface area contributed by atoms with E-state index >= 15 is 0 Å². The number of phenolic OH excluding ortho intramolecular Hbond substituents is 1. The molecule has 1 spiro atoms. The van der Waals surface area contributed by atoms with E-state index in [4.69, 9.17) is 9.47 Å². The zero-order valence-electron chi connectivity index (χ0n) is 27.2. The zero-order chi connectivity index (χ0) is 30.4. The van der Waals surface area contributed by atoms with Gasteiger partial charge in [-0.05, 0) is 75.7 Å². The minimum atomic E-state index is -0.411. The Kier molecular flexibility index (Phi) is 8.62. The molecule has 3 saturated carbocycles. The van der Waals surface area contributed by atoms with Gasteiger partial charge in [-0.15, -0.1) is 0 Å². The molecule has 5 atom stereocenters. The van der Waals surface area contributed by atoms with Crippen LogP contribution in [0.3, 0.4) is 0 Å². The van der Waals surface area contributed by atoms with E-state index < -0.39 is 5.97 Å². The molecule has 44 heavy (non-hydrogen) atoms. The van der Waals surface area contributed by atoms with Crippen LogP contribution in [0.4, 0.5) is 0 Å². The fourth-order valence-electron chi connectivity index (χ4n) is 10.2. The van der Waals surface area contributed by atoms with E-state index in [-0.39, 0.29) is 29.2 Å². The molecule has 4 aliphatic carbocycles. The van der Waals surface area contributed by atoms with Crippen molar-refractivity contribution in [1.82, 2.24) is 9.80 Å². The van der Waals surface area contributed by atoms with Gasteiger partial charge < -0.3 is 19.5 Å². The smallest absolute Gasteiger partial charge is 0.308 e. The number of nitrogens with zero attached hydrogens (tertiary/aromatic N) is 2. The Morgan fingerprint density at radius 3 is 2.64 bits per heavy atom. The molecule has 1 amide bonds. The number of hydrogen-bond acceptors (Lipinski definition) is 6. The monoisotopic (exact) mass is 606 g/mol. The van der Waals surface area contributed by atoms with Crippen LogP contribution in [-0.2, 0) is 21.4 Å². The van der Waals surface area contributed by atoms with Crippen molar-refractivity contribution in [2.24, 2.45) is 17.8 Å². The number of phenols is 1. The number of aromatic hydroxyl groups is 1. The van der Waals surface area contributed by atoms with Gasteiger partial charge in [0.2, 0.25) is 5.91 Å². The molecule has 0 aromatic heterocycles. The first-order valence-electron chi connectivity index (χ1n) is 18.2. The van der Waals surface area contributed by atoms with Gasteiger partial charge in [-0.2, -0.15) is 0 Å². The van der Waals surface area contributed by atoms with Crippen LogP contribution in [0.25, 0.3) is 0 Å². The number of hydrogen-bond donors (Lipinski definition) is 1. The van der Waals surface area contributed by atoms with Gasteiger partial charge in [-0.3, -0.25) is 14.5 Å². The standard InChI is InChI=1S/C37H54N2O5/c1-3-4-19-39(33(42)13-9-8-12-25-10-6-5-7-11-25)29-17-16-28-30-21-27-31(41)22-32(43-24(2)40)35-34(27)37(28,36(29)44-35)18-20-38(30)23-26-14-15-26/h22,25-26,28-30,36,41H,3-21,23H2,1-2H3/t28-,29-,30+,36-,37-/m0/s1. The number of carbonyl (C=O) groups excluding carboxylic acids is 2. The Bertz CT molecular complexity index is 1240. The third-order valence-corrected chi connectivity index (χ3v) is 12.4. The summed E-state index contributed by atoms with van der Waals surface area (Å²) in [5, 5.41) is 11.4. The maximum atomic E-state index is 14.1. The molecule has 1 N–H and O–H groups in total. The van der Waals surface area contributed by atoms with Crippen molar-refractivity contribution in [1.29, 1.82) is 0 Å². The summed E-state index contributed by atoms with van der Waals surface area (Å²) in [5.74, 6) is 3.16. The van der Waals surface area contributed by atoms with Crippen LogP contribution >= 0.6 is 0 Å². The first-order chi connectivity index (χ1) is 21.4. The fourth-order valence-corrected chi connectivity index (χ4v) is 10.2. The van der Waals surface area contributed by atoms with Crippen molar-refractivity contribution in [3.63, 3.8) is 0 Å². The van der Waals surface area contributed by atoms with Crippen LogP contribution < -0.4 is 9.47 Å². The number of rotatable bonds is 12. The number of amides is 1. The minimum absolute atomic E-state index is 0.00931. The number of benzene rings is 1. The molecular weight excluding hydrogens is 552 g/mol.